The Labute approximate surface area is 198 Å². The van der Waals surface area contributed by atoms with Gasteiger partial charge in [-0.25, -0.2) is 9.97 Å². The zero-order valence-corrected chi connectivity index (χ0v) is 18.6. The van der Waals surface area contributed by atoms with Gasteiger partial charge >= 0.3 is 6.18 Å². The maximum absolute atomic E-state index is 12.8. The highest BCUT2D eigenvalue weighted by atomic mass is 19.4. The minimum absolute atomic E-state index is 0.0323. The lowest BCUT2D eigenvalue weighted by molar-refractivity contribution is -0.144. The first-order valence-electron chi connectivity index (χ1n) is 11.2. The van der Waals surface area contributed by atoms with Crippen LogP contribution in [0.1, 0.15) is 41.1 Å². The molecule has 1 amide bonds. The molecule has 0 atom stereocenters. The Bertz CT molecular complexity index is 1350. The number of hydrogen-bond donors (Lipinski definition) is 2. The average Bonchev–Trinajstić information content (AvgIpc) is 3.28. The van der Waals surface area contributed by atoms with Crippen molar-refractivity contribution in [2.75, 3.05) is 18.4 Å². The molecular formula is C24H22F3N7O. The lowest BCUT2D eigenvalue weighted by Gasteiger charge is -2.26. The molecule has 0 saturated carbocycles. The van der Waals surface area contributed by atoms with Crippen LogP contribution in [0.4, 0.5) is 18.9 Å². The summed E-state index contributed by atoms with van der Waals surface area (Å²) in [6.07, 6.45) is 4.53. The van der Waals surface area contributed by atoms with Gasteiger partial charge in [0.15, 0.2) is 5.69 Å². The molecule has 35 heavy (non-hydrogen) atoms. The Morgan fingerprint density at radius 1 is 1.00 bits per heavy atom. The van der Waals surface area contributed by atoms with Crippen molar-refractivity contribution in [3.05, 3.63) is 66.1 Å². The van der Waals surface area contributed by atoms with Crippen LogP contribution in [0.15, 0.2) is 49.1 Å². The maximum Gasteiger partial charge on any atom is 0.451 e. The number of hydrogen-bond acceptors (Lipinski definition) is 6. The zero-order valence-electron chi connectivity index (χ0n) is 18.6. The van der Waals surface area contributed by atoms with E-state index in [1.54, 1.807) is 6.20 Å². The minimum atomic E-state index is -4.66. The molecule has 1 aliphatic rings. The van der Waals surface area contributed by atoms with Gasteiger partial charge in [0.1, 0.15) is 0 Å². The standard InChI is InChI=1S/C24H22F3N7O/c25-24(26,27)23-29-12-18(13-30-23)31-22(35)21-19-9-16(4-5-20(19)32-33-21)17-8-15(10-28-11-17)14-34-6-2-1-3-7-34/h4-5,8-13H,1-3,6-7,14H2,(H,31,35)(H,32,33). The van der Waals surface area contributed by atoms with Gasteiger partial charge in [0.05, 0.1) is 23.6 Å². The molecule has 0 aliphatic carbocycles. The second-order valence-corrected chi connectivity index (χ2v) is 8.50. The Balaban J connectivity index is 1.37. The summed E-state index contributed by atoms with van der Waals surface area (Å²) in [7, 11) is 0. The highest BCUT2D eigenvalue weighted by molar-refractivity contribution is 6.11. The Hall–Kier alpha value is -3.86. The number of aromatic nitrogens is 5. The number of fused-ring (bicyclic) bond motifs is 1. The average molecular weight is 481 g/mol. The molecule has 0 unspecified atom stereocenters. The Morgan fingerprint density at radius 2 is 1.77 bits per heavy atom. The summed E-state index contributed by atoms with van der Waals surface area (Å²) in [5, 5.41) is 9.99. The number of alkyl halides is 3. The summed E-state index contributed by atoms with van der Waals surface area (Å²) in [5.74, 6) is -1.87. The van der Waals surface area contributed by atoms with E-state index in [1.807, 2.05) is 24.4 Å². The van der Waals surface area contributed by atoms with Crippen molar-refractivity contribution >= 4 is 22.5 Å². The third-order valence-electron chi connectivity index (χ3n) is 5.92. The number of nitrogens with zero attached hydrogens (tertiary/aromatic N) is 5. The molecule has 180 valence electrons. The number of H-pyrrole nitrogens is 1. The molecule has 1 aliphatic heterocycles. The van der Waals surface area contributed by atoms with E-state index in [4.69, 9.17) is 0 Å². The summed E-state index contributed by atoms with van der Waals surface area (Å²) in [6, 6.07) is 7.70. The largest absolute Gasteiger partial charge is 0.451 e. The van der Waals surface area contributed by atoms with Crippen LogP contribution in [0.2, 0.25) is 0 Å². The lowest BCUT2D eigenvalue weighted by Crippen LogP contribution is -2.29. The second kappa shape index (κ2) is 9.41. The second-order valence-electron chi connectivity index (χ2n) is 8.50. The molecule has 1 aromatic carbocycles. The van der Waals surface area contributed by atoms with E-state index in [1.165, 1.54) is 19.3 Å². The van der Waals surface area contributed by atoms with Crippen LogP contribution >= 0.6 is 0 Å². The first-order valence-corrected chi connectivity index (χ1v) is 11.2. The number of likely N-dealkylation sites (tertiary alicyclic amines) is 1. The van der Waals surface area contributed by atoms with Gasteiger partial charge < -0.3 is 5.32 Å². The molecule has 0 radical (unpaired) electrons. The van der Waals surface area contributed by atoms with Crippen LogP contribution < -0.4 is 5.32 Å². The fourth-order valence-corrected chi connectivity index (χ4v) is 4.20. The van der Waals surface area contributed by atoms with E-state index in [-0.39, 0.29) is 11.4 Å². The smallest absolute Gasteiger partial charge is 0.318 e. The summed E-state index contributed by atoms with van der Waals surface area (Å²) < 4.78 is 38.0. The monoisotopic (exact) mass is 481 g/mol. The van der Waals surface area contributed by atoms with Crippen molar-refractivity contribution in [3.63, 3.8) is 0 Å². The fourth-order valence-electron chi connectivity index (χ4n) is 4.20. The number of anilines is 1. The number of carbonyl (C=O) groups excluding carboxylic acids is 1. The molecule has 0 bridgehead atoms. The number of rotatable bonds is 5. The fraction of sp³-hybridized carbons (Fsp3) is 0.292. The molecule has 8 nitrogen and oxygen atoms in total. The molecule has 1 saturated heterocycles. The molecule has 1 fully saturated rings. The number of aromatic amines is 1. The van der Waals surface area contributed by atoms with Crippen molar-refractivity contribution in [2.45, 2.75) is 32.0 Å². The number of amides is 1. The quantitative estimate of drug-likeness (QED) is 0.430. The molecule has 5 rings (SSSR count). The number of carbonyl (C=O) groups is 1. The number of pyridine rings is 1. The topological polar surface area (TPSA) is 99.7 Å². The third-order valence-corrected chi connectivity index (χ3v) is 5.92. The molecule has 4 heterocycles. The van der Waals surface area contributed by atoms with E-state index < -0.39 is 17.9 Å². The first kappa shape index (κ1) is 22.9. The molecule has 2 N–H and O–H groups in total. The zero-order chi connectivity index (χ0) is 24.4. The molecule has 0 spiro atoms. The van der Waals surface area contributed by atoms with E-state index >= 15 is 0 Å². The minimum Gasteiger partial charge on any atom is -0.318 e. The predicted octanol–water partition coefficient (Wildman–Crippen LogP) is 4.67. The van der Waals surface area contributed by atoms with Crippen LogP contribution in [-0.4, -0.2) is 49.0 Å². The molecule has 4 aromatic rings. The van der Waals surface area contributed by atoms with Gasteiger partial charge in [-0.15, -0.1) is 0 Å². The van der Waals surface area contributed by atoms with Crippen LogP contribution in [0, 0.1) is 0 Å². The summed E-state index contributed by atoms with van der Waals surface area (Å²) in [6.45, 7) is 3.03. The van der Waals surface area contributed by atoms with Gasteiger partial charge in [0.2, 0.25) is 5.82 Å². The summed E-state index contributed by atoms with van der Waals surface area (Å²) in [5.41, 5.74) is 3.71. The van der Waals surface area contributed by atoms with Gasteiger partial charge in [0, 0.05) is 29.9 Å². The Morgan fingerprint density at radius 3 is 2.51 bits per heavy atom. The van der Waals surface area contributed by atoms with Crippen LogP contribution in [0.25, 0.3) is 22.0 Å². The van der Waals surface area contributed by atoms with E-state index in [9.17, 15) is 18.0 Å². The van der Waals surface area contributed by atoms with E-state index in [2.05, 4.69) is 41.4 Å². The van der Waals surface area contributed by atoms with Crippen LogP contribution in [0.5, 0.6) is 0 Å². The molecule has 3 aromatic heterocycles. The molecule has 11 heteroatoms. The van der Waals surface area contributed by atoms with Crippen molar-refractivity contribution in [3.8, 4) is 11.1 Å². The third kappa shape index (κ3) is 5.14. The SMILES string of the molecule is O=C(Nc1cnc(C(F)(F)F)nc1)c1n[nH]c2ccc(-c3cncc(CN4CCCCC4)c3)cc12. The Kier molecular flexibility index (Phi) is 6.16. The summed E-state index contributed by atoms with van der Waals surface area (Å²) >= 11 is 0. The van der Waals surface area contributed by atoms with Gasteiger partial charge in [-0.3, -0.25) is 19.8 Å². The maximum atomic E-state index is 12.8. The predicted molar refractivity (Wildman–Crippen MR) is 123 cm³/mol. The molecular weight excluding hydrogens is 459 g/mol. The van der Waals surface area contributed by atoms with Crippen molar-refractivity contribution in [2.24, 2.45) is 0 Å². The van der Waals surface area contributed by atoms with E-state index in [0.717, 1.165) is 48.7 Å². The van der Waals surface area contributed by atoms with Crippen LogP contribution in [0.3, 0.4) is 0 Å². The van der Waals surface area contributed by atoms with Gasteiger partial charge in [-0.05, 0) is 55.3 Å². The number of piperidine rings is 1. The number of benzene rings is 1. The van der Waals surface area contributed by atoms with Gasteiger partial charge in [0.25, 0.3) is 5.91 Å². The van der Waals surface area contributed by atoms with E-state index in [0.29, 0.717) is 10.9 Å². The van der Waals surface area contributed by atoms with Crippen molar-refractivity contribution < 1.29 is 18.0 Å². The number of halogens is 3. The number of nitrogens with one attached hydrogen (secondary N) is 2. The van der Waals surface area contributed by atoms with Crippen molar-refractivity contribution in [1.29, 1.82) is 0 Å². The summed E-state index contributed by atoms with van der Waals surface area (Å²) in [4.78, 5) is 26.2. The van der Waals surface area contributed by atoms with Crippen LogP contribution in [-0.2, 0) is 12.7 Å². The van der Waals surface area contributed by atoms with Gasteiger partial charge in [-0.1, -0.05) is 12.5 Å². The highest BCUT2D eigenvalue weighted by Crippen LogP contribution is 2.28. The normalized spacial score (nSPS) is 14.8. The lowest BCUT2D eigenvalue weighted by atomic mass is 10.0. The first-order chi connectivity index (χ1) is 16.9. The van der Waals surface area contributed by atoms with Gasteiger partial charge in [-0.2, -0.15) is 18.3 Å². The highest BCUT2D eigenvalue weighted by Gasteiger charge is 2.34. The van der Waals surface area contributed by atoms with Crippen molar-refractivity contribution in [1.82, 2.24) is 30.0 Å².